The maximum Gasteiger partial charge on any atom is 0.244 e. The first kappa shape index (κ1) is 20.0. The van der Waals surface area contributed by atoms with Gasteiger partial charge in [-0.3, -0.25) is 0 Å². The first-order valence-corrected chi connectivity index (χ1v) is 9.32. The Morgan fingerprint density at radius 3 is 2.23 bits per heavy atom. The van der Waals surface area contributed by atoms with Crippen LogP contribution in [0, 0.1) is 0 Å². The smallest absolute Gasteiger partial charge is 0.244 e. The van der Waals surface area contributed by atoms with Crippen LogP contribution in [0.5, 0.6) is 17.2 Å². The molecule has 0 saturated heterocycles. The monoisotopic (exact) mass is 381 g/mol. The molecule has 0 aliphatic rings. The van der Waals surface area contributed by atoms with Crippen LogP contribution < -0.4 is 18.9 Å². The average molecular weight is 381 g/mol. The van der Waals surface area contributed by atoms with Crippen LogP contribution in [-0.2, 0) is 14.8 Å². The lowest BCUT2D eigenvalue weighted by atomic mass is 10.1. The molecule has 7 nitrogen and oxygen atoms in total. The van der Waals surface area contributed by atoms with Crippen LogP contribution in [0.25, 0.3) is 0 Å². The van der Waals surface area contributed by atoms with Crippen molar-refractivity contribution in [1.29, 1.82) is 0 Å². The number of benzene rings is 2. The molecule has 0 bridgehead atoms. The van der Waals surface area contributed by atoms with Gasteiger partial charge in [-0.1, -0.05) is 18.2 Å². The van der Waals surface area contributed by atoms with Gasteiger partial charge < -0.3 is 18.9 Å². The molecular weight excluding hydrogens is 358 g/mol. The van der Waals surface area contributed by atoms with Crippen molar-refractivity contribution in [3.63, 3.8) is 0 Å². The van der Waals surface area contributed by atoms with Crippen molar-refractivity contribution in [2.75, 3.05) is 35.0 Å². The van der Waals surface area contributed by atoms with Gasteiger partial charge in [-0.15, -0.1) is 0 Å². The van der Waals surface area contributed by atoms with Gasteiger partial charge in [0, 0.05) is 25.3 Å². The number of para-hydroxylation sites is 1. The molecule has 0 aromatic heterocycles. The molecule has 1 unspecified atom stereocenters. The van der Waals surface area contributed by atoms with Crippen molar-refractivity contribution >= 4 is 10.0 Å². The van der Waals surface area contributed by atoms with Crippen molar-refractivity contribution in [2.45, 2.75) is 11.0 Å². The van der Waals surface area contributed by atoms with Crippen LogP contribution in [0.4, 0.5) is 0 Å². The van der Waals surface area contributed by atoms with Gasteiger partial charge in [0.2, 0.25) is 10.0 Å². The molecule has 8 heteroatoms. The number of hydrogen-bond acceptors (Lipinski definition) is 6. The van der Waals surface area contributed by atoms with Gasteiger partial charge in [0.1, 0.15) is 22.1 Å². The summed E-state index contributed by atoms with van der Waals surface area (Å²) in [5.74, 6) is 1.33. The molecule has 2 rings (SSSR count). The third-order valence-corrected chi connectivity index (χ3v) is 5.35. The maximum atomic E-state index is 12.7. The van der Waals surface area contributed by atoms with E-state index in [0.29, 0.717) is 11.5 Å². The van der Waals surface area contributed by atoms with E-state index in [2.05, 4.69) is 4.72 Å². The summed E-state index contributed by atoms with van der Waals surface area (Å²) in [5.41, 5.74) is 0.752. The van der Waals surface area contributed by atoms with E-state index in [0.717, 1.165) is 5.56 Å². The number of rotatable bonds is 9. The highest BCUT2D eigenvalue weighted by molar-refractivity contribution is 7.89. The van der Waals surface area contributed by atoms with Crippen molar-refractivity contribution in [3.05, 3.63) is 48.0 Å². The zero-order chi connectivity index (χ0) is 19.2. The Morgan fingerprint density at radius 1 is 0.923 bits per heavy atom. The third kappa shape index (κ3) is 4.46. The fourth-order valence-corrected chi connectivity index (χ4v) is 3.69. The van der Waals surface area contributed by atoms with Crippen LogP contribution in [-0.4, -0.2) is 43.4 Å². The molecule has 0 aliphatic heterocycles. The van der Waals surface area contributed by atoms with E-state index in [1.807, 2.05) is 18.2 Å². The predicted octanol–water partition coefficient (Wildman–Crippen LogP) is 2.38. The molecule has 0 saturated carbocycles. The molecule has 0 amide bonds. The standard InChI is InChI=1S/C18H23NO6S/c1-22-13-9-10-18(16(11-13)24-3)26(20,21)19-12-17(25-4)14-7-5-6-8-15(14)23-2/h5-11,17,19H,12H2,1-4H3. The summed E-state index contributed by atoms with van der Waals surface area (Å²) in [6.45, 7) is 0.0361. The van der Waals surface area contributed by atoms with Gasteiger partial charge in [0.05, 0.1) is 27.4 Å². The highest BCUT2D eigenvalue weighted by atomic mass is 32.2. The average Bonchev–Trinajstić information content (AvgIpc) is 2.68. The summed E-state index contributed by atoms with van der Waals surface area (Å²) in [6, 6.07) is 11.8. The lowest BCUT2D eigenvalue weighted by Crippen LogP contribution is -2.29. The van der Waals surface area contributed by atoms with Crippen LogP contribution in [0.2, 0.25) is 0 Å². The van der Waals surface area contributed by atoms with Crippen LogP contribution in [0.3, 0.4) is 0 Å². The molecule has 0 fully saturated rings. The Bertz CT molecular complexity index is 837. The van der Waals surface area contributed by atoms with E-state index in [-0.39, 0.29) is 17.2 Å². The van der Waals surface area contributed by atoms with Crippen molar-refractivity contribution in [3.8, 4) is 17.2 Å². The first-order chi connectivity index (χ1) is 12.5. The molecule has 0 heterocycles. The second-order valence-corrected chi connectivity index (χ2v) is 7.07. The van der Waals surface area contributed by atoms with Crippen LogP contribution in [0.15, 0.2) is 47.4 Å². The Balaban J connectivity index is 2.24. The van der Waals surface area contributed by atoms with Gasteiger partial charge in [-0.25, -0.2) is 13.1 Å². The van der Waals surface area contributed by atoms with E-state index in [1.54, 1.807) is 19.2 Å². The molecular formula is C18H23NO6S. The van der Waals surface area contributed by atoms with Crippen LogP contribution >= 0.6 is 0 Å². The number of nitrogens with one attached hydrogen (secondary N) is 1. The molecule has 2 aromatic rings. The highest BCUT2D eigenvalue weighted by Gasteiger charge is 2.23. The molecule has 1 atom stereocenters. The lowest BCUT2D eigenvalue weighted by molar-refractivity contribution is 0.105. The summed E-state index contributed by atoms with van der Waals surface area (Å²) in [6.07, 6.45) is -0.509. The van der Waals surface area contributed by atoms with Gasteiger partial charge in [-0.2, -0.15) is 0 Å². The van der Waals surface area contributed by atoms with Gasteiger partial charge >= 0.3 is 0 Å². The van der Waals surface area contributed by atoms with Crippen molar-refractivity contribution in [2.24, 2.45) is 0 Å². The van der Waals surface area contributed by atoms with E-state index in [4.69, 9.17) is 18.9 Å². The second-order valence-electron chi connectivity index (χ2n) is 5.33. The minimum atomic E-state index is -3.81. The summed E-state index contributed by atoms with van der Waals surface area (Å²) in [7, 11) is 2.16. The molecule has 0 spiro atoms. The zero-order valence-corrected chi connectivity index (χ0v) is 16.0. The Hall–Kier alpha value is -2.29. The second kappa shape index (κ2) is 8.88. The topological polar surface area (TPSA) is 83.1 Å². The summed E-state index contributed by atoms with van der Waals surface area (Å²) < 4.78 is 49.0. The molecule has 142 valence electrons. The molecule has 0 aliphatic carbocycles. The Morgan fingerprint density at radius 2 is 1.62 bits per heavy atom. The van der Waals surface area contributed by atoms with Crippen molar-refractivity contribution < 1.29 is 27.4 Å². The first-order valence-electron chi connectivity index (χ1n) is 7.84. The molecule has 2 aromatic carbocycles. The van der Waals surface area contributed by atoms with Crippen LogP contribution in [0.1, 0.15) is 11.7 Å². The quantitative estimate of drug-likeness (QED) is 0.718. The van der Waals surface area contributed by atoms with Crippen molar-refractivity contribution in [1.82, 2.24) is 4.72 Å². The summed E-state index contributed by atoms with van der Waals surface area (Å²) in [5, 5.41) is 0. The lowest BCUT2D eigenvalue weighted by Gasteiger charge is -2.19. The van der Waals surface area contributed by atoms with E-state index < -0.39 is 16.1 Å². The molecule has 1 N–H and O–H groups in total. The predicted molar refractivity (Wildman–Crippen MR) is 97.5 cm³/mol. The fourth-order valence-electron chi connectivity index (χ4n) is 2.51. The molecule has 26 heavy (non-hydrogen) atoms. The fraction of sp³-hybridized carbons (Fsp3) is 0.333. The minimum Gasteiger partial charge on any atom is -0.497 e. The summed E-state index contributed by atoms with van der Waals surface area (Å²) in [4.78, 5) is 0.0238. The normalized spacial score (nSPS) is 12.5. The zero-order valence-electron chi connectivity index (χ0n) is 15.2. The van der Waals surface area contributed by atoms with E-state index in [9.17, 15) is 8.42 Å². The number of methoxy groups -OCH3 is 4. The number of hydrogen-bond donors (Lipinski definition) is 1. The van der Waals surface area contributed by atoms with Gasteiger partial charge in [0.15, 0.2) is 0 Å². The largest absolute Gasteiger partial charge is 0.497 e. The number of sulfonamides is 1. The minimum absolute atomic E-state index is 0.0238. The Kier molecular flexibility index (Phi) is 6.84. The van der Waals surface area contributed by atoms with Gasteiger partial charge in [-0.05, 0) is 18.2 Å². The number of ether oxygens (including phenoxy) is 4. The van der Waals surface area contributed by atoms with E-state index >= 15 is 0 Å². The van der Waals surface area contributed by atoms with Gasteiger partial charge in [0.25, 0.3) is 0 Å². The highest BCUT2D eigenvalue weighted by Crippen LogP contribution is 2.30. The SMILES string of the molecule is COc1ccc(S(=O)(=O)NCC(OC)c2ccccc2OC)c(OC)c1. The maximum absolute atomic E-state index is 12.7. The Labute approximate surface area is 153 Å². The molecule has 0 radical (unpaired) electrons. The third-order valence-electron chi connectivity index (χ3n) is 3.89. The summed E-state index contributed by atoms with van der Waals surface area (Å²) >= 11 is 0. The van der Waals surface area contributed by atoms with E-state index in [1.165, 1.54) is 33.5 Å².